The molecule has 0 aliphatic carbocycles. The number of ether oxygens (including phenoxy) is 1. The summed E-state index contributed by atoms with van der Waals surface area (Å²) in [4.78, 5) is 45.3. The van der Waals surface area contributed by atoms with Gasteiger partial charge in [-0.2, -0.15) is 13.2 Å². The summed E-state index contributed by atoms with van der Waals surface area (Å²) < 4.78 is 47.0. The number of carboxylic acid groups (broad SMARTS) is 1. The summed E-state index contributed by atoms with van der Waals surface area (Å²) in [7, 11) is 1.52. The van der Waals surface area contributed by atoms with E-state index in [4.69, 9.17) is 4.74 Å². The van der Waals surface area contributed by atoms with Gasteiger partial charge < -0.3 is 19.7 Å². The van der Waals surface area contributed by atoms with Crippen molar-refractivity contribution in [2.24, 2.45) is 0 Å². The van der Waals surface area contributed by atoms with Crippen molar-refractivity contribution in [1.82, 2.24) is 19.9 Å². The Morgan fingerprint density at radius 3 is 2.56 bits per heavy atom. The summed E-state index contributed by atoms with van der Waals surface area (Å²) in [5, 5.41) is 15.8. The lowest BCUT2D eigenvalue weighted by Crippen LogP contribution is -2.28. The molecule has 4 aromatic rings. The number of pyridine rings is 2. The van der Waals surface area contributed by atoms with Crippen molar-refractivity contribution in [1.29, 1.82) is 0 Å². The van der Waals surface area contributed by atoms with Crippen molar-refractivity contribution in [2.75, 3.05) is 25.6 Å². The van der Waals surface area contributed by atoms with Gasteiger partial charge in [0.25, 0.3) is 0 Å². The van der Waals surface area contributed by atoms with E-state index in [0.717, 1.165) is 16.7 Å². The van der Waals surface area contributed by atoms with Crippen molar-refractivity contribution < 1.29 is 32.6 Å². The quantitative estimate of drug-likeness (QED) is 0.230. The highest BCUT2D eigenvalue weighted by molar-refractivity contribution is 7.13. The summed E-state index contributed by atoms with van der Waals surface area (Å²) in [6, 6.07) is 5.36. The number of benzene rings is 1. The molecular formula is C27H26F3N5O5S. The van der Waals surface area contributed by atoms with Gasteiger partial charge in [-0.3, -0.25) is 10.1 Å². The van der Waals surface area contributed by atoms with Gasteiger partial charge >= 0.3 is 18.2 Å². The van der Waals surface area contributed by atoms with Crippen LogP contribution in [0.5, 0.6) is 0 Å². The zero-order valence-electron chi connectivity index (χ0n) is 22.2. The smallest absolute Gasteiger partial charge is 0.434 e. The number of hydrogen-bond acceptors (Lipinski definition) is 7. The minimum atomic E-state index is -4.66. The van der Waals surface area contributed by atoms with Crippen LogP contribution in [0.2, 0.25) is 0 Å². The molecule has 4 rings (SSSR count). The highest BCUT2D eigenvalue weighted by atomic mass is 32.1. The minimum Gasteiger partial charge on any atom is -0.477 e. The molecule has 1 unspecified atom stereocenters. The molecule has 10 nitrogen and oxygen atoms in total. The molecule has 3 heterocycles. The third kappa shape index (κ3) is 6.23. The SMILES string of the molecule is CCNC(=O)Nc1cc(-c2nc(C(F)(F)F)cs2)c(-c2ccc3c(c2)c(=O)c(C(=O)O)cn3C(CC)COC)cn1. The maximum absolute atomic E-state index is 13.4. The maximum atomic E-state index is 13.4. The van der Waals surface area contributed by atoms with Crippen molar-refractivity contribution in [3.8, 4) is 21.7 Å². The Labute approximate surface area is 235 Å². The highest BCUT2D eigenvalue weighted by Gasteiger charge is 2.34. The predicted molar refractivity (Wildman–Crippen MR) is 148 cm³/mol. The van der Waals surface area contributed by atoms with Crippen LogP contribution in [-0.2, 0) is 10.9 Å². The van der Waals surface area contributed by atoms with Crippen LogP contribution in [-0.4, -0.2) is 51.9 Å². The Balaban J connectivity index is 1.95. The maximum Gasteiger partial charge on any atom is 0.434 e. The number of aromatic carboxylic acids is 1. The molecule has 0 aliphatic heterocycles. The van der Waals surface area contributed by atoms with E-state index in [1.165, 1.54) is 31.6 Å². The molecule has 1 aromatic carbocycles. The number of nitrogens with zero attached hydrogens (tertiary/aromatic N) is 3. The van der Waals surface area contributed by atoms with E-state index in [1.807, 2.05) is 6.92 Å². The Hall–Kier alpha value is -4.30. The van der Waals surface area contributed by atoms with E-state index in [2.05, 4.69) is 20.6 Å². The van der Waals surface area contributed by atoms with Crippen LogP contribution in [0.1, 0.15) is 42.4 Å². The van der Waals surface area contributed by atoms with E-state index < -0.39 is 34.9 Å². The number of aromatic nitrogens is 3. The number of hydrogen-bond donors (Lipinski definition) is 3. The summed E-state index contributed by atoms with van der Waals surface area (Å²) in [6.07, 6.45) is -1.43. The molecule has 0 bridgehead atoms. The molecule has 216 valence electrons. The average molecular weight is 590 g/mol. The normalized spacial score (nSPS) is 12.3. The number of nitrogens with one attached hydrogen (secondary N) is 2. The molecule has 0 radical (unpaired) electrons. The summed E-state index contributed by atoms with van der Waals surface area (Å²) in [6.45, 7) is 4.24. The van der Waals surface area contributed by atoms with Crippen LogP contribution < -0.4 is 16.1 Å². The van der Waals surface area contributed by atoms with E-state index >= 15 is 0 Å². The summed E-state index contributed by atoms with van der Waals surface area (Å²) >= 11 is 0.759. The number of carboxylic acids is 1. The molecule has 0 spiro atoms. The van der Waals surface area contributed by atoms with Crippen molar-refractivity contribution in [3.05, 3.63) is 63.5 Å². The van der Waals surface area contributed by atoms with Gasteiger partial charge in [-0.1, -0.05) is 13.0 Å². The Kier molecular flexibility index (Phi) is 8.73. The van der Waals surface area contributed by atoms with Crippen LogP contribution in [0.15, 0.2) is 46.8 Å². The number of methoxy groups -OCH3 is 1. The van der Waals surface area contributed by atoms with E-state index in [0.29, 0.717) is 29.6 Å². The predicted octanol–water partition coefficient (Wildman–Crippen LogP) is 5.64. The highest BCUT2D eigenvalue weighted by Crippen LogP contribution is 2.39. The lowest BCUT2D eigenvalue weighted by atomic mass is 9.99. The van der Waals surface area contributed by atoms with Crippen LogP contribution in [0.25, 0.3) is 32.6 Å². The Morgan fingerprint density at radius 1 is 1.20 bits per heavy atom. The molecule has 3 aromatic heterocycles. The molecule has 1 atom stereocenters. The molecule has 0 saturated heterocycles. The number of urea groups is 1. The average Bonchev–Trinajstić information content (AvgIpc) is 3.43. The molecule has 14 heteroatoms. The summed E-state index contributed by atoms with van der Waals surface area (Å²) in [5.41, 5.74) is -0.812. The number of carbonyl (C=O) groups excluding carboxylic acids is 1. The van der Waals surface area contributed by atoms with Gasteiger partial charge in [0.2, 0.25) is 5.43 Å². The number of fused-ring (bicyclic) bond motifs is 1. The number of thiazole rings is 1. The van der Waals surface area contributed by atoms with Gasteiger partial charge in [-0.25, -0.2) is 19.6 Å². The van der Waals surface area contributed by atoms with Crippen molar-refractivity contribution in [3.63, 3.8) is 0 Å². The largest absolute Gasteiger partial charge is 0.477 e. The van der Waals surface area contributed by atoms with Gasteiger partial charge in [0.1, 0.15) is 16.4 Å². The molecule has 3 N–H and O–H groups in total. The first kappa shape index (κ1) is 29.7. The van der Waals surface area contributed by atoms with Gasteiger partial charge in [0, 0.05) is 47.9 Å². The van der Waals surface area contributed by atoms with Crippen LogP contribution in [0.3, 0.4) is 0 Å². The monoisotopic (exact) mass is 589 g/mol. The molecular weight excluding hydrogens is 563 g/mol. The van der Waals surface area contributed by atoms with Crippen LogP contribution >= 0.6 is 11.3 Å². The minimum absolute atomic E-state index is 0.0108. The molecule has 41 heavy (non-hydrogen) atoms. The first-order chi connectivity index (χ1) is 19.5. The van der Waals surface area contributed by atoms with Crippen LogP contribution in [0.4, 0.5) is 23.8 Å². The first-order valence-corrected chi connectivity index (χ1v) is 13.4. The molecule has 0 aliphatic rings. The third-order valence-corrected chi connectivity index (χ3v) is 7.18. The molecule has 0 saturated carbocycles. The number of amides is 2. The standard InChI is InChI=1S/C27H26F3N5O5S/c1-4-15(12-40-3)35-11-19(25(37)38)23(36)17-8-14(6-7-20(17)35)18-10-32-22(34-26(39)31-5-2)9-16(18)24-33-21(13-41-24)27(28,29)30/h6-11,13,15H,4-5,12H2,1-3H3,(H,37,38)(H2,31,32,34,39). The fraction of sp³-hybridized carbons (Fsp3) is 0.296. The second-order valence-corrected chi connectivity index (χ2v) is 9.83. The lowest BCUT2D eigenvalue weighted by Gasteiger charge is -2.22. The fourth-order valence-electron chi connectivity index (χ4n) is 4.34. The second-order valence-electron chi connectivity index (χ2n) is 8.97. The van der Waals surface area contributed by atoms with Gasteiger partial charge in [-0.05, 0) is 37.1 Å². The van der Waals surface area contributed by atoms with Gasteiger partial charge in [0.15, 0.2) is 5.69 Å². The summed E-state index contributed by atoms with van der Waals surface area (Å²) in [5.74, 6) is -1.32. The van der Waals surface area contributed by atoms with E-state index in [-0.39, 0.29) is 34.4 Å². The van der Waals surface area contributed by atoms with Gasteiger partial charge in [-0.15, -0.1) is 11.3 Å². The topological polar surface area (TPSA) is 135 Å². The van der Waals surface area contributed by atoms with Gasteiger partial charge in [0.05, 0.1) is 18.2 Å². The zero-order chi connectivity index (χ0) is 29.9. The zero-order valence-corrected chi connectivity index (χ0v) is 23.0. The number of halogens is 3. The second kappa shape index (κ2) is 12.1. The number of rotatable bonds is 9. The van der Waals surface area contributed by atoms with E-state index in [9.17, 15) is 32.7 Å². The van der Waals surface area contributed by atoms with E-state index in [1.54, 1.807) is 23.6 Å². The lowest BCUT2D eigenvalue weighted by molar-refractivity contribution is -0.140. The molecule has 0 fully saturated rings. The number of alkyl halides is 3. The Bertz CT molecular complexity index is 1670. The number of anilines is 1. The third-order valence-electron chi connectivity index (χ3n) is 6.31. The van der Waals surface area contributed by atoms with Crippen LogP contribution in [0, 0.1) is 0 Å². The Morgan fingerprint density at radius 2 is 1.95 bits per heavy atom. The van der Waals surface area contributed by atoms with Crippen molar-refractivity contribution >= 4 is 40.1 Å². The first-order valence-electron chi connectivity index (χ1n) is 12.5. The fourth-order valence-corrected chi connectivity index (χ4v) is 5.20. The van der Waals surface area contributed by atoms with Crippen molar-refractivity contribution in [2.45, 2.75) is 32.5 Å². The number of carbonyl (C=O) groups is 2. The molecule has 2 amide bonds.